The van der Waals surface area contributed by atoms with Crippen molar-refractivity contribution in [2.75, 3.05) is 27.9 Å². The molecule has 172 valence electrons. The Kier molecular flexibility index (Phi) is 7.37. The van der Waals surface area contributed by atoms with Crippen LogP contribution in [-0.4, -0.2) is 58.5 Å². The van der Waals surface area contributed by atoms with E-state index in [0.717, 1.165) is 5.56 Å². The second-order valence-electron chi connectivity index (χ2n) is 7.20. The molecule has 1 aliphatic rings. The minimum atomic E-state index is -3.91. The molecule has 3 rings (SSSR count). The number of methoxy groups -OCH3 is 3. The molecule has 0 aromatic heterocycles. The Morgan fingerprint density at radius 1 is 1.03 bits per heavy atom. The van der Waals surface area contributed by atoms with Crippen LogP contribution in [-0.2, 0) is 26.1 Å². The third kappa shape index (κ3) is 4.86. The van der Waals surface area contributed by atoms with Gasteiger partial charge in [0.25, 0.3) is 0 Å². The maximum Gasteiger partial charge on any atom is 0.337 e. The quantitative estimate of drug-likeness (QED) is 0.597. The van der Waals surface area contributed by atoms with E-state index in [0.29, 0.717) is 29.9 Å². The third-order valence-electron chi connectivity index (χ3n) is 5.31. The highest BCUT2D eigenvalue weighted by atomic mass is 32.2. The van der Waals surface area contributed by atoms with Crippen molar-refractivity contribution in [3.8, 4) is 11.5 Å². The van der Waals surface area contributed by atoms with Gasteiger partial charge in [0, 0.05) is 19.2 Å². The van der Waals surface area contributed by atoms with Crippen LogP contribution < -0.4 is 14.8 Å². The maximum atomic E-state index is 13.2. The molecular weight excluding hydrogens is 436 g/mol. The summed E-state index contributed by atoms with van der Waals surface area (Å²) < 4.78 is 42.7. The smallest absolute Gasteiger partial charge is 0.337 e. The van der Waals surface area contributed by atoms with Crippen LogP contribution in [0, 0.1) is 0 Å². The second-order valence-corrected chi connectivity index (χ2v) is 9.09. The predicted molar refractivity (Wildman–Crippen MR) is 116 cm³/mol. The van der Waals surface area contributed by atoms with Crippen LogP contribution in [0.25, 0.3) is 0 Å². The zero-order valence-corrected chi connectivity index (χ0v) is 19.0. The van der Waals surface area contributed by atoms with Gasteiger partial charge in [0.15, 0.2) is 11.5 Å². The van der Waals surface area contributed by atoms with Gasteiger partial charge >= 0.3 is 5.97 Å². The fourth-order valence-electron chi connectivity index (χ4n) is 3.59. The van der Waals surface area contributed by atoms with Crippen molar-refractivity contribution in [2.24, 2.45) is 0 Å². The van der Waals surface area contributed by atoms with Gasteiger partial charge in [-0.25, -0.2) is 13.2 Å². The van der Waals surface area contributed by atoms with Crippen LogP contribution in [0.4, 0.5) is 0 Å². The Morgan fingerprint density at radius 2 is 1.72 bits per heavy atom. The number of hydrogen-bond acceptors (Lipinski definition) is 7. The summed E-state index contributed by atoms with van der Waals surface area (Å²) in [5.74, 6) is -0.101. The summed E-state index contributed by atoms with van der Waals surface area (Å²) in [6.07, 6.45) is 1.01. The lowest BCUT2D eigenvalue weighted by Gasteiger charge is -2.24. The van der Waals surface area contributed by atoms with Crippen molar-refractivity contribution in [3.05, 3.63) is 53.6 Å². The van der Waals surface area contributed by atoms with Crippen LogP contribution in [0.2, 0.25) is 0 Å². The van der Waals surface area contributed by atoms with Gasteiger partial charge in [-0.3, -0.25) is 4.79 Å². The van der Waals surface area contributed by atoms with Crippen molar-refractivity contribution in [2.45, 2.75) is 30.3 Å². The molecule has 1 atom stereocenters. The fourth-order valence-corrected chi connectivity index (χ4v) is 5.26. The molecule has 0 aliphatic carbocycles. The molecule has 1 N–H and O–H groups in total. The van der Waals surface area contributed by atoms with Gasteiger partial charge in [-0.05, 0) is 42.7 Å². The molecule has 1 aliphatic heterocycles. The molecule has 0 spiro atoms. The summed E-state index contributed by atoms with van der Waals surface area (Å²) in [4.78, 5) is 24.4. The zero-order valence-electron chi connectivity index (χ0n) is 18.2. The molecule has 32 heavy (non-hydrogen) atoms. The molecule has 9 nitrogen and oxygen atoms in total. The van der Waals surface area contributed by atoms with E-state index in [1.54, 1.807) is 24.3 Å². The summed E-state index contributed by atoms with van der Waals surface area (Å²) in [7, 11) is 0.296. The first kappa shape index (κ1) is 23.6. The van der Waals surface area contributed by atoms with Crippen molar-refractivity contribution in [1.29, 1.82) is 0 Å². The van der Waals surface area contributed by atoms with E-state index < -0.39 is 22.0 Å². The first-order valence-corrected chi connectivity index (χ1v) is 11.4. The standard InChI is InChI=1S/C22H26N2O7S/c1-29-19-11-10-17(13-20(19)30-2)32(27,28)24-12-4-5-18(24)21(25)23-14-15-6-8-16(9-7-15)22(26)31-3/h6-11,13,18H,4-5,12,14H2,1-3H3,(H,23,25). The van der Waals surface area contributed by atoms with Gasteiger partial charge in [-0.15, -0.1) is 0 Å². The van der Waals surface area contributed by atoms with Crippen LogP contribution in [0.3, 0.4) is 0 Å². The SMILES string of the molecule is COC(=O)c1ccc(CNC(=O)C2CCCN2S(=O)(=O)c2ccc(OC)c(OC)c2)cc1. The number of rotatable bonds is 8. The Hall–Kier alpha value is -3.11. The number of hydrogen-bond donors (Lipinski definition) is 1. The van der Waals surface area contributed by atoms with Gasteiger partial charge in [-0.1, -0.05) is 12.1 Å². The van der Waals surface area contributed by atoms with E-state index in [4.69, 9.17) is 9.47 Å². The Balaban J connectivity index is 1.71. The average molecular weight is 463 g/mol. The summed E-state index contributed by atoms with van der Waals surface area (Å²) in [6.45, 7) is 0.462. The zero-order chi connectivity index (χ0) is 23.3. The molecule has 0 radical (unpaired) electrons. The summed E-state index contributed by atoms with van der Waals surface area (Å²) in [6, 6.07) is 10.2. The van der Waals surface area contributed by atoms with Gasteiger partial charge < -0.3 is 19.5 Å². The number of esters is 1. The number of carbonyl (C=O) groups is 2. The van der Waals surface area contributed by atoms with E-state index in [1.165, 1.54) is 43.8 Å². The molecule has 10 heteroatoms. The molecule has 0 saturated carbocycles. The van der Waals surface area contributed by atoms with Crippen molar-refractivity contribution < 1.29 is 32.2 Å². The predicted octanol–water partition coefficient (Wildman–Crippen LogP) is 1.96. The third-order valence-corrected chi connectivity index (χ3v) is 7.21. The molecule has 1 fully saturated rings. The number of nitrogens with one attached hydrogen (secondary N) is 1. The monoisotopic (exact) mass is 462 g/mol. The molecule has 2 aromatic carbocycles. The van der Waals surface area contributed by atoms with Gasteiger partial charge in [0.05, 0.1) is 31.8 Å². The molecular formula is C22H26N2O7S. The number of benzene rings is 2. The maximum absolute atomic E-state index is 13.2. The van der Waals surface area contributed by atoms with Gasteiger partial charge in [0.1, 0.15) is 6.04 Å². The summed E-state index contributed by atoms with van der Waals surface area (Å²) >= 11 is 0. The Labute approximate surface area is 187 Å². The van der Waals surface area contributed by atoms with Crippen molar-refractivity contribution >= 4 is 21.9 Å². The number of amides is 1. The highest BCUT2D eigenvalue weighted by Crippen LogP contribution is 2.33. The summed E-state index contributed by atoms with van der Waals surface area (Å²) in [5, 5.41) is 2.79. The lowest BCUT2D eigenvalue weighted by molar-refractivity contribution is -0.124. The van der Waals surface area contributed by atoms with Crippen LogP contribution >= 0.6 is 0 Å². The first-order valence-electron chi connectivity index (χ1n) is 10.0. The first-order chi connectivity index (χ1) is 15.3. The largest absolute Gasteiger partial charge is 0.493 e. The molecule has 1 unspecified atom stereocenters. The molecule has 1 saturated heterocycles. The van der Waals surface area contributed by atoms with E-state index in [1.807, 2.05) is 0 Å². The van der Waals surface area contributed by atoms with Crippen LogP contribution in [0.15, 0.2) is 47.4 Å². The Morgan fingerprint density at radius 3 is 2.34 bits per heavy atom. The summed E-state index contributed by atoms with van der Waals surface area (Å²) in [5.41, 5.74) is 1.18. The minimum Gasteiger partial charge on any atom is -0.493 e. The van der Waals surface area contributed by atoms with Gasteiger partial charge in [-0.2, -0.15) is 4.31 Å². The Bertz CT molecular complexity index is 1080. The number of carbonyl (C=O) groups excluding carboxylic acids is 2. The van der Waals surface area contributed by atoms with Gasteiger partial charge in [0.2, 0.25) is 15.9 Å². The topological polar surface area (TPSA) is 111 Å². The lowest BCUT2D eigenvalue weighted by Crippen LogP contribution is -2.45. The highest BCUT2D eigenvalue weighted by Gasteiger charge is 2.39. The molecule has 0 bridgehead atoms. The van der Waals surface area contributed by atoms with Crippen molar-refractivity contribution in [1.82, 2.24) is 9.62 Å². The normalized spacial score (nSPS) is 16.4. The van der Waals surface area contributed by atoms with Crippen LogP contribution in [0.5, 0.6) is 11.5 Å². The van der Waals surface area contributed by atoms with E-state index >= 15 is 0 Å². The number of nitrogens with zero attached hydrogens (tertiary/aromatic N) is 1. The molecule has 2 aromatic rings. The lowest BCUT2D eigenvalue weighted by atomic mass is 10.1. The van der Waals surface area contributed by atoms with Crippen LogP contribution in [0.1, 0.15) is 28.8 Å². The van der Waals surface area contributed by atoms with Crippen molar-refractivity contribution in [3.63, 3.8) is 0 Å². The molecule has 1 amide bonds. The number of sulfonamides is 1. The van der Waals surface area contributed by atoms with E-state index in [2.05, 4.69) is 10.1 Å². The minimum absolute atomic E-state index is 0.0354. The second kappa shape index (κ2) is 10.0. The highest BCUT2D eigenvalue weighted by molar-refractivity contribution is 7.89. The molecule has 1 heterocycles. The van der Waals surface area contributed by atoms with E-state index in [-0.39, 0.29) is 23.9 Å². The van der Waals surface area contributed by atoms with E-state index in [9.17, 15) is 18.0 Å². The number of ether oxygens (including phenoxy) is 3. The fraction of sp³-hybridized carbons (Fsp3) is 0.364. The average Bonchev–Trinajstić information content (AvgIpc) is 3.33.